The molecule has 0 aliphatic carbocycles. The first kappa shape index (κ1) is 11.9. The van der Waals surface area contributed by atoms with Crippen LogP contribution in [0.15, 0.2) is 23.1 Å². The van der Waals surface area contributed by atoms with Crippen molar-refractivity contribution in [1.82, 2.24) is 4.90 Å². The second-order valence-corrected chi connectivity index (χ2v) is 5.34. The molecule has 0 spiro atoms. The second-order valence-electron chi connectivity index (χ2n) is 3.78. The fourth-order valence-corrected chi connectivity index (χ4v) is 2.12. The fourth-order valence-electron chi connectivity index (χ4n) is 1.58. The van der Waals surface area contributed by atoms with Gasteiger partial charge < -0.3 is 9.64 Å². The van der Waals surface area contributed by atoms with E-state index in [1.54, 1.807) is 7.05 Å². The molecule has 2 rings (SSSR count). The van der Waals surface area contributed by atoms with E-state index in [9.17, 15) is 13.2 Å². The first-order valence-electron chi connectivity index (χ1n) is 4.95. The lowest BCUT2D eigenvalue weighted by Gasteiger charge is -2.12. The van der Waals surface area contributed by atoms with Crippen molar-refractivity contribution in [3.8, 4) is 5.75 Å². The van der Waals surface area contributed by atoms with Gasteiger partial charge in [0.25, 0.3) is 5.91 Å². The number of nitrogens with zero attached hydrogens (tertiary/aromatic N) is 1. The highest BCUT2D eigenvalue weighted by Gasteiger charge is 2.22. The number of carbonyl (C=O) groups excluding carboxylic acids is 1. The number of likely N-dealkylation sites (N-methyl/N-ethyl adjacent to an activating group) is 1. The summed E-state index contributed by atoms with van der Waals surface area (Å²) in [7, 11) is -2.19. The van der Waals surface area contributed by atoms with Gasteiger partial charge in [-0.2, -0.15) is 0 Å². The zero-order valence-electron chi connectivity index (χ0n) is 9.21. The van der Waals surface area contributed by atoms with Crippen molar-refractivity contribution in [1.29, 1.82) is 0 Å². The molecule has 0 aromatic heterocycles. The van der Waals surface area contributed by atoms with Gasteiger partial charge in [-0.1, -0.05) is 0 Å². The maximum Gasteiger partial charge on any atom is 0.257 e. The van der Waals surface area contributed by atoms with E-state index < -0.39 is 10.0 Å². The van der Waals surface area contributed by atoms with Crippen LogP contribution in [0.4, 0.5) is 0 Å². The zero-order chi connectivity index (χ0) is 12.6. The monoisotopic (exact) mass is 256 g/mol. The highest BCUT2D eigenvalue weighted by molar-refractivity contribution is 7.89. The Kier molecular flexibility index (Phi) is 2.80. The van der Waals surface area contributed by atoms with E-state index in [1.807, 2.05) is 0 Å². The average Bonchev–Trinajstić information content (AvgIpc) is 2.39. The van der Waals surface area contributed by atoms with Crippen LogP contribution in [-0.4, -0.2) is 39.4 Å². The van der Waals surface area contributed by atoms with Gasteiger partial charge in [0.05, 0.1) is 17.0 Å². The number of ether oxygens (including phenoxy) is 1. The number of hydrogen-bond donors (Lipinski definition) is 1. The summed E-state index contributed by atoms with van der Waals surface area (Å²) >= 11 is 0. The molecule has 0 radical (unpaired) electrons. The van der Waals surface area contributed by atoms with Crippen LogP contribution in [0.5, 0.6) is 5.75 Å². The van der Waals surface area contributed by atoms with Crippen LogP contribution in [0.2, 0.25) is 0 Å². The van der Waals surface area contributed by atoms with E-state index in [-0.39, 0.29) is 16.4 Å². The van der Waals surface area contributed by atoms with E-state index in [0.29, 0.717) is 18.9 Å². The molecule has 0 saturated carbocycles. The normalized spacial score (nSPS) is 16.1. The SMILES string of the molecule is CN1CCOc2ccc(S(N)(=O)=O)cc2C1=O. The summed E-state index contributed by atoms with van der Waals surface area (Å²) < 4.78 is 27.8. The standard InChI is InChI=1S/C10H12N2O4S/c1-12-4-5-16-9-3-2-7(17(11,14)15)6-8(9)10(12)13/h2-3,6H,4-5H2,1H3,(H2,11,14,15). The van der Waals surface area contributed by atoms with Crippen molar-refractivity contribution in [3.63, 3.8) is 0 Å². The molecule has 1 aliphatic heterocycles. The Morgan fingerprint density at radius 3 is 2.76 bits per heavy atom. The van der Waals surface area contributed by atoms with Gasteiger partial charge in [0.2, 0.25) is 10.0 Å². The molecule has 1 aromatic rings. The Morgan fingerprint density at radius 1 is 1.41 bits per heavy atom. The third-order valence-corrected chi connectivity index (χ3v) is 3.45. The molecule has 0 bridgehead atoms. The lowest BCUT2D eigenvalue weighted by atomic mass is 10.2. The number of hydrogen-bond acceptors (Lipinski definition) is 4. The lowest BCUT2D eigenvalue weighted by molar-refractivity contribution is 0.0796. The molecule has 2 N–H and O–H groups in total. The molecule has 0 unspecified atom stereocenters. The summed E-state index contributed by atoms with van der Waals surface area (Å²) in [6, 6.07) is 4.02. The molecule has 17 heavy (non-hydrogen) atoms. The van der Waals surface area contributed by atoms with Crippen molar-refractivity contribution in [2.24, 2.45) is 5.14 Å². The molecule has 0 fully saturated rings. The van der Waals surface area contributed by atoms with Gasteiger partial charge in [0.15, 0.2) is 0 Å². The molecule has 1 aliphatic rings. The largest absolute Gasteiger partial charge is 0.491 e. The van der Waals surface area contributed by atoms with E-state index in [4.69, 9.17) is 9.88 Å². The lowest BCUT2D eigenvalue weighted by Crippen LogP contribution is -2.28. The number of sulfonamides is 1. The van der Waals surface area contributed by atoms with E-state index in [0.717, 1.165) is 0 Å². The Balaban J connectivity index is 2.57. The van der Waals surface area contributed by atoms with E-state index in [2.05, 4.69) is 0 Å². The maximum atomic E-state index is 11.9. The molecule has 1 heterocycles. The molecule has 1 amide bonds. The van der Waals surface area contributed by atoms with Crippen molar-refractivity contribution >= 4 is 15.9 Å². The van der Waals surface area contributed by atoms with Crippen LogP contribution < -0.4 is 9.88 Å². The summed E-state index contributed by atoms with van der Waals surface area (Å²) in [5, 5.41) is 5.02. The number of fused-ring (bicyclic) bond motifs is 1. The number of benzene rings is 1. The molecule has 92 valence electrons. The van der Waals surface area contributed by atoms with Gasteiger partial charge in [-0.15, -0.1) is 0 Å². The van der Waals surface area contributed by atoms with E-state index >= 15 is 0 Å². The third kappa shape index (κ3) is 2.25. The molecule has 7 heteroatoms. The minimum Gasteiger partial charge on any atom is -0.491 e. The minimum atomic E-state index is -3.82. The molecule has 0 atom stereocenters. The summed E-state index contributed by atoms with van der Waals surface area (Å²) in [5.41, 5.74) is 0.219. The zero-order valence-corrected chi connectivity index (χ0v) is 10.0. The second kappa shape index (κ2) is 4.01. The fraction of sp³-hybridized carbons (Fsp3) is 0.300. The van der Waals surface area contributed by atoms with E-state index in [1.165, 1.54) is 23.1 Å². The highest BCUT2D eigenvalue weighted by atomic mass is 32.2. The van der Waals surface area contributed by atoms with Gasteiger partial charge in [0, 0.05) is 7.05 Å². The van der Waals surface area contributed by atoms with Crippen molar-refractivity contribution in [2.45, 2.75) is 4.90 Å². The molecule has 1 aromatic carbocycles. The van der Waals surface area contributed by atoms with Crippen molar-refractivity contribution < 1.29 is 17.9 Å². The first-order chi connectivity index (χ1) is 7.89. The number of nitrogens with two attached hydrogens (primary N) is 1. The molecule has 0 saturated heterocycles. The van der Waals surface area contributed by atoms with Crippen LogP contribution in [-0.2, 0) is 10.0 Å². The van der Waals surface area contributed by atoms with Crippen LogP contribution in [0.3, 0.4) is 0 Å². The summed E-state index contributed by atoms with van der Waals surface area (Å²) in [4.78, 5) is 13.3. The van der Waals surface area contributed by atoms with Crippen LogP contribution in [0.25, 0.3) is 0 Å². The Morgan fingerprint density at radius 2 is 2.12 bits per heavy atom. The molecule has 6 nitrogen and oxygen atoms in total. The topological polar surface area (TPSA) is 89.7 Å². The van der Waals surface area contributed by atoms with Gasteiger partial charge in [-0.05, 0) is 18.2 Å². The van der Waals surface area contributed by atoms with Crippen LogP contribution >= 0.6 is 0 Å². The average molecular weight is 256 g/mol. The Hall–Kier alpha value is -1.60. The smallest absolute Gasteiger partial charge is 0.257 e. The van der Waals surface area contributed by atoms with Crippen LogP contribution in [0.1, 0.15) is 10.4 Å². The Bertz CT molecular complexity index is 568. The van der Waals surface area contributed by atoms with Gasteiger partial charge in [0.1, 0.15) is 12.4 Å². The molecular weight excluding hydrogens is 244 g/mol. The van der Waals surface area contributed by atoms with Gasteiger partial charge in [-0.25, -0.2) is 13.6 Å². The van der Waals surface area contributed by atoms with Gasteiger partial charge >= 0.3 is 0 Å². The number of primary sulfonamides is 1. The quantitative estimate of drug-likeness (QED) is 0.753. The first-order valence-corrected chi connectivity index (χ1v) is 6.49. The number of carbonyl (C=O) groups is 1. The summed E-state index contributed by atoms with van der Waals surface area (Å²) in [5.74, 6) is 0.106. The highest BCUT2D eigenvalue weighted by Crippen LogP contribution is 2.25. The maximum absolute atomic E-state index is 11.9. The number of rotatable bonds is 1. The summed E-state index contributed by atoms with van der Waals surface area (Å²) in [6.45, 7) is 0.835. The van der Waals surface area contributed by atoms with Gasteiger partial charge in [-0.3, -0.25) is 4.79 Å². The van der Waals surface area contributed by atoms with Crippen molar-refractivity contribution in [2.75, 3.05) is 20.2 Å². The number of amides is 1. The summed E-state index contributed by atoms with van der Waals surface area (Å²) in [6.07, 6.45) is 0. The van der Waals surface area contributed by atoms with Crippen LogP contribution in [0, 0.1) is 0 Å². The van der Waals surface area contributed by atoms with Crippen molar-refractivity contribution in [3.05, 3.63) is 23.8 Å². The minimum absolute atomic E-state index is 0.0940. The third-order valence-electron chi connectivity index (χ3n) is 2.54. The molecular formula is C10H12N2O4S. The Labute approximate surface area is 99.0 Å². The predicted octanol–water partition coefficient (Wildman–Crippen LogP) is -0.202. The predicted molar refractivity (Wildman–Crippen MR) is 60.3 cm³/mol.